The molecule has 1 aliphatic heterocycles. The highest BCUT2D eigenvalue weighted by molar-refractivity contribution is 6.25. The van der Waals surface area contributed by atoms with Crippen LogP contribution in [0.25, 0.3) is 0 Å². The zero-order chi connectivity index (χ0) is 16.8. The van der Waals surface area contributed by atoms with E-state index in [0.717, 1.165) is 0 Å². The summed E-state index contributed by atoms with van der Waals surface area (Å²) in [4.78, 5) is 25.3. The number of rotatable bonds is 2. The summed E-state index contributed by atoms with van der Waals surface area (Å²) in [7, 11) is 0. The van der Waals surface area contributed by atoms with Gasteiger partial charge >= 0.3 is 0 Å². The number of hydrazine groups is 1. The number of anilines is 2. The Labute approximate surface area is 131 Å². The van der Waals surface area contributed by atoms with Gasteiger partial charge in [-0.15, -0.1) is 0 Å². The van der Waals surface area contributed by atoms with Gasteiger partial charge in [0.15, 0.2) is 0 Å². The summed E-state index contributed by atoms with van der Waals surface area (Å²) in [5.41, 5.74) is -0.540. The average molecular weight is 316 g/mol. The number of nitrogens with zero attached hydrogens (tertiary/aromatic N) is 2. The van der Waals surface area contributed by atoms with Crippen LogP contribution in [0.2, 0.25) is 0 Å². The van der Waals surface area contributed by atoms with E-state index in [9.17, 15) is 18.4 Å². The van der Waals surface area contributed by atoms with Crippen LogP contribution < -0.4 is 10.0 Å². The topological polar surface area (TPSA) is 40.6 Å². The molecule has 0 spiro atoms. The van der Waals surface area contributed by atoms with E-state index in [1.807, 2.05) is 0 Å². The smallest absolute Gasteiger partial charge is 0.261 e. The number of amides is 2. The molecule has 2 aromatic carbocycles. The van der Waals surface area contributed by atoms with Crippen LogP contribution in [0.4, 0.5) is 20.2 Å². The SMILES string of the molecule is CC1(C)C(=O)N(c2ccc(F)cc2)N(c2ccc(F)cc2)C1=O. The maximum absolute atomic E-state index is 13.1. The van der Waals surface area contributed by atoms with Crippen molar-refractivity contribution in [3.8, 4) is 0 Å². The molecule has 0 aliphatic carbocycles. The summed E-state index contributed by atoms with van der Waals surface area (Å²) < 4.78 is 26.3. The van der Waals surface area contributed by atoms with Crippen LogP contribution in [0.3, 0.4) is 0 Å². The summed E-state index contributed by atoms with van der Waals surface area (Å²) in [6.07, 6.45) is 0. The van der Waals surface area contributed by atoms with Gasteiger partial charge in [0, 0.05) is 0 Å². The van der Waals surface area contributed by atoms with Gasteiger partial charge in [-0.25, -0.2) is 18.8 Å². The lowest BCUT2D eigenvalue weighted by Crippen LogP contribution is -2.41. The van der Waals surface area contributed by atoms with Crippen LogP contribution in [0, 0.1) is 17.0 Å². The maximum atomic E-state index is 13.1. The number of benzene rings is 2. The van der Waals surface area contributed by atoms with Gasteiger partial charge in [-0.3, -0.25) is 9.59 Å². The van der Waals surface area contributed by atoms with E-state index in [4.69, 9.17) is 0 Å². The molecular formula is C17H14F2N2O2. The Morgan fingerprint density at radius 3 is 1.30 bits per heavy atom. The number of halogens is 2. The van der Waals surface area contributed by atoms with Gasteiger partial charge in [0.1, 0.15) is 17.0 Å². The molecule has 0 unspecified atom stereocenters. The van der Waals surface area contributed by atoms with Crippen LogP contribution in [0.5, 0.6) is 0 Å². The van der Waals surface area contributed by atoms with Gasteiger partial charge in [-0.1, -0.05) is 0 Å². The highest BCUT2D eigenvalue weighted by atomic mass is 19.1. The highest BCUT2D eigenvalue weighted by Crippen LogP contribution is 2.37. The molecule has 1 saturated heterocycles. The zero-order valence-corrected chi connectivity index (χ0v) is 12.6. The minimum atomic E-state index is -1.26. The second-order valence-electron chi connectivity index (χ2n) is 5.81. The molecule has 1 heterocycles. The number of carbonyl (C=O) groups excluding carboxylic acids is 2. The van der Waals surface area contributed by atoms with Gasteiger partial charge in [-0.2, -0.15) is 0 Å². The Balaban J connectivity index is 2.13. The van der Waals surface area contributed by atoms with E-state index in [0.29, 0.717) is 11.4 Å². The minimum absolute atomic E-state index is 0.361. The van der Waals surface area contributed by atoms with Crippen LogP contribution in [0.15, 0.2) is 48.5 Å². The van der Waals surface area contributed by atoms with Crippen molar-refractivity contribution in [3.63, 3.8) is 0 Å². The monoisotopic (exact) mass is 316 g/mol. The molecule has 118 valence electrons. The Morgan fingerprint density at radius 2 is 1.00 bits per heavy atom. The Bertz CT molecular complexity index is 705. The van der Waals surface area contributed by atoms with Gasteiger partial charge in [-0.05, 0) is 62.4 Å². The normalized spacial score (nSPS) is 17.0. The van der Waals surface area contributed by atoms with Gasteiger partial charge in [0.2, 0.25) is 0 Å². The predicted molar refractivity (Wildman–Crippen MR) is 81.6 cm³/mol. The van der Waals surface area contributed by atoms with Crippen molar-refractivity contribution in [1.29, 1.82) is 0 Å². The van der Waals surface area contributed by atoms with Crippen LogP contribution >= 0.6 is 0 Å². The van der Waals surface area contributed by atoms with Crippen LogP contribution in [-0.4, -0.2) is 11.8 Å². The van der Waals surface area contributed by atoms with Gasteiger partial charge < -0.3 is 0 Å². The Morgan fingerprint density at radius 1 is 0.696 bits per heavy atom. The standard InChI is InChI=1S/C17H14F2N2O2/c1-17(2)15(22)20(13-7-3-11(18)4-8-13)21(16(17)23)14-9-5-12(19)6-10-14/h3-10H,1-2H3. The third-order valence-corrected chi connectivity index (χ3v) is 3.80. The first-order valence-corrected chi connectivity index (χ1v) is 7.02. The second-order valence-corrected chi connectivity index (χ2v) is 5.81. The van der Waals surface area contributed by atoms with Crippen molar-refractivity contribution in [2.45, 2.75) is 13.8 Å². The summed E-state index contributed by atoms with van der Waals surface area (Å²) in [5, 5.41) is 2.38. The lowest BCUT2D eigenvalue weighted by atomic mass is 9.93. The van der Waals surface area contributed by atoms with Crippen LogP contribution in [-0.2, 0) is 9.59 Å². The number of hydrogen-bond donors (Lipinski definition) is 0. The molecule has 0 bridgehead atoms. The summed E-state index contributed by atoms with van der Waals surface area (Å²) >= 11 is 0. The first-order chi connectivity index (χ1) is 10.8. The van der Waals surface area contributed by atoms with E-state index in [2.05, 4.69) is 0 Å². The van der Waals surface area contributed by atoms with Gasteiger partial charge in [0.25, 0.3) is 11.8 Å². The molecule has 2 amide bonds. The van der Waals surface area contributed by atoms with Crippen molar-refractivity contribution >= 4 is 23.2 Å². The quantitative estimate of drug-likeness (QED) is 0.798. The lowest BCUT2D eigenvalue weighted by molar-refractivity contribution is -0.132. The summed E-state index contributed by atoms with van der Waals surface area (Å²) in [6.45, 7) is 3.05. The first-order valence-electron chi connectivity index (χ1n) is 7.02. The molecule has 1 aliphatic rings. The maximum Gasteiger partial charge on any atom is 0.261 e. The number of hydrogen-bond acceptors (Lipinski definition) is 2. The fraction of sp³-hybridized carbons (Fsp3) is 0.176. The molecule has 0 radical (unpaired) electrons. The third-order valence-electron chi connectivity index (χ3n) is 3.80. The van der Waals surface area contributed by atoms with E-state index in [-0.39, 0.29) is 0 Å². The fourth-order valence-electron chi connectivity index (χ4n) is 2.43. The predicted octanol–water partition coefficient (Wildman–Crippen LogP) is 3.29. The molecule has 6 heteroatoms. The molecule has 2 aromatic rings. The molecule has 0 saturated carbocycles. The molecule has 0 aromatic heterocycles. The molecule has 0 N–H and O–H groups in total. The average Bonchev–Trinajstić information content (AvgIpc) is 2.70. The zero-order valence-electron chi connectivity index (χ0n) is 12.6. The van der Waals surface area contributed by atoms with E-state index < -0.39 is 28.9 Å². The first kappa shape index (κ1) is 15.1. The second kappa shape index (κ2) is 5.15. The molecule has 1 fully saturated rings. The highest BCUT2D eigenvalue weighted by Gasteiger charge is 2.53. The summed E-state index contributed by atoms with van der Waals surface area (Å²) in [5.74, 6) is -1.75. The lowest BCUT2D eigenvalue weighted by Gasteiger charge is -2.27. The van der Waals surface area contributed by atoms with Gasteiger partial charge in [0.05, 0.1) is 11.4 Å². The third kappa shape index (κ3) is 2.36. The van der Waals surface area contributed by atoms with Crippen LogP contribution in [0.1, 0.15) is 13.8 Å². The molecule has 4 nitrogen and oxygen atoms in total. The van der Waals surface area contributed by atoms with E-state index >= 15 is 0 Å². The largest absolute Gasteiger partial charge is 0.271 e. The van der Waals surface area contributed by atoms with E-state index in [1.165, 1.54) is 72.4 Å². The van der Waals surface area contributed by atoms with Crippen molar-refractivity contribution < 1.29 is 18.4 Å². The van der Waals surface area contributed by atoms with Crippen molar-refractivity contribution in [2.75, 3.05) is 10.0 Å². The molecule has 23 heavy (non-hydrogen) atoms. The molecular weight excluding hydrogens is 302 g/mol. The Hall–Kier alpha value is -2.76. The van der Waals surface area contributed by atoms with Crippen molar-refractivity contribution in [3.05, 3.63) is 60.2 Å². The summed E-state index contributed by atoms with van der Waals surface area (Å²) in [6, 6.07) is 10.5. The van der Waals surface area contributed by atoms with Crippen molar-refractivity contribution in [1.82, 2.24) is 0 Å². The molecule has 3 rings (SSSR count). The Kier molecular flexibility index (Phi) is 3.39. The minimum Gasteiger partial charge on any atom is -0.271 e. The number of carbonyl (C=O) groups is 2. The van der Waals surface area contributed by atoms with E-state index in [1.54, 1.807) is 0 Å². The fourth-order valence-corrected chi connectivity index (χ4v) is 2.43. The molecule has 0 atom stereocenters. The van der Waals surface area contributed by atoms with Crippen molar-refractivity contribution in [2.24, 2.45) is 5.41 Å².